The molecule has 6 rings (SSSR count). The number of hydrogen-bond donors (Lipinski definition) is 14. The first-order valence-electron chi connectivity index (χ1n) is 53.9. The topological polar surface area (TPSA) is 489 Å². The van der Waals surface area contributed by atoms with E-state index in [1.807, 2.05) is 108 Å². The van der Waals surface area contributed by atoms with Gasteiger partial charge < -0.3 is 131 Å². The number of nitrogens with one attached hydrogen (secondary N) is 9. The SMILES string of the molecule is CC[C@H](C)[C@@H]([C@@H](CC(=O)N1CC(CO[C@H]([C@@H](C)C(=O)N[C@H](C)[C@@H](O)c2ccccc2)[C@@H]2CCCN2C(=O)C[C@@H](OC)[C@H]([C@@H](C)CC)N(C)C(=O)[C@@H](NC(=O)[C@H](CO)NC)C(C)C)C[C@H]1[C@H](OCC1C[C@@H]([C@H](OC)[C@@H](C)C(=O)N[C@H](CO)Cc2ccccc2)N(C(=O)C[C@@H](OC)[C@H]([C@@H](C)CC)N(C)C(=O)[C@@H](NC(=O)[C@@H](NC)[C@@H](C)O)C(C)C)C1)[C@@H](C)C(=O)NCCc1ccccc1)OC)N(C)C(=O)[C@@H](NC(=O)[C@H](CO)NC)C(C)C. The maximum atomic E-state index is 16.7. The van der Waals surface area contributed by atoms with Crippen molar-refractivity contribution in [1.82, 2.24) is 77.3 Å². The summed E-state index contributed by atoms with van der Waals surface area (Å²) in [6, 6.07) is 14.8. The van der Waals surface area contributed by atoms with Crippen LogP contribution in [0.4, 0.5) is 0 Å². The van der Waals surface area contributed by atoms with E-state index in [-0.39, 0.29) is 102 Å². The van der Waals surface area contributed by atoms with Crippen LogP contribution < -0.4 is 47.9 Å². The first kappa shape index (κ1) is 128. The van der Waals surface area contributed by atoms with Gasteiger partial charge in [0.15, 0.2) is 0 Å². The number of hydrogen-bond acceptors (Lipinski definition) is 26. The molecule has 0 aliphatic carbocycles. The molecule has 3 aromatic carbocycles. The van der Waals surface area contributed by atoms with Crippen molar-refractivity contribution in [3.8, 4) is 0 Å². The van der Waals surface area contributed by atoms with Gasteiger partial charge in [-0.1, -0.05) is 214 Å². The summed E-state index contributed by atoms with van der Waals surface area (Å²) >= 11 is 0. The summed E-state index contributed by atoms with van der Waals surface area (Å²) in [5.74, 6) is -12.7. The Balaban J connectivity index is 1.57. The number of methoxy groups -OCH3 is 4. The highest BCUT2D eigenvalue weighted by molar-refractivity contribution is 5.93. The van der Waals surface area contributed by atoms with Crippen LogP contribution in [0.25, 0.3) is 0 Å². The third-order valence-corrected chi connectivity index (χ3v) is 31.4. The fraction of sp³-hybridized carbons (Fsp3) is 0.730. The molecule has 0 radical (unpaired) electrons. The lowest BCUT2D eigenvalue weighted by atomic mass is 9.89. The largest absolute Gasteiger partial charge is 0.394 e. The summed E-state index contributed by atoms with van der Waals surface area (Å²) in [5.41, 5.74) is 2.35. The Morgan fingerprint density at radius 3 is 1.15 bits per heavy atom. The third kappa shape index (κ3) is 35.4. The molecule has 0 bridgehead atoms. The predicted molar refractivity (Wildman–Crippen MR) is 570 cm³/mol. The number of rotatable bonds is 65. The van der Waals surface area contributed by atoms with Gasteiger partial charge in [0.25, 0.3) is 0 Å². The van der Waals surface area contributed by atoms with Gasteiger partial charge >= 0.3 is 0 Å². The summed E-state index contributed by atoms with van der Waals surface area (Å²) < 4.78 is 40.5. The standard InChI is InChI=1S/C111H185N15O23/c1-28-67(10)96(121(21)109(141)92(64(4)5)118-106(138)81(60-128)112-18)86(144-24)54-89(131)124-50-40-47-83(124)101(72(15)104(136)116-73(16)99(134)79-45-38-33-39-46-79)148-62-78-53-85(126(58-78)91(133)56-88(146-26)97(68(11)29-2)122(22)110(142)93(65(6)7)119-107(139)82(61-129)113-19)102(71(14)103(135)115-49-48-75-41-34-31-35-42-75)149-63-77-52-84(100(147-27)70(13)105(137)117-80(59-127)51-76-43-36-32-37-44-76)125(57-77)90(132)55-87(145-25)98(69(12)30-3)123(23)111(143)94(66(8)9)120-108(140)95(114-20)74(17)130/h31-39,41-46,64-74,77-78,80-88,92-102,112-114,127-130,134H,28-30,40,47-63H2,1-27H3,(H,115,135)(H,116,136)(H,117,137)(H,118,138)(H,119,139)(H,120,140)/t67-,68-,69-,70+,71+,72+,73+,74+,77?,78?,80-,81-,82-,83-,84-,85-,86+,87+,88+,92-,93-,94-,95-,96-,97-,98-,99+,100+,101+,102+/m0/s1. The zero-order valence-corrected chi connectivity index (χ0v) is 93.8. The first-order chi connectivity index (χ1) is 70.7. The summed E-state index contributed by atoms with van der Waals surface area (Å²) in [5, 5.41) is 79.9. The zero-order valence-electron chi connectivity index (χ0n) is 93.8. The van der Waals surface area contributed by atoms with Gasteiger partial charge in [-0.05, 0) is 126 Å². The van der Waals surface area contributed by atoms with E-state index >= 15 is 38.4 Å². The molecule has 3 saturated heterocycles. The van der Waals surface area contributed by atoms with Crippen molar-refractivity contribution in [3.05, 3.63) is 108 Å². The summed E-state index contributed by atoms with van der Waals surface area (Å²) in [7, 11) is 15.3. The van der Waals surface area contributed by atoms with Crippen LogP contribution in [0.5, 0.6) is 0 Å². The van der Waals surface area contributed by atoms with Crippen molar-refractivity contribution in [1.29, 1.82) is 0 Å². The Morgan fingerprint density at radius 2 is 0.785 bits per heavy atom. The number of amides is 12. The smallest absolute Gasteiger partial charge is 0.245 e. The molecular weight excluding hydrogens is 1910 g/mol. The molecule has 12 amide bonds. The molecule has 2 unspecified atom stereocenters. The lowest BCUT2D eigenvalue weighted by molar-refractivity contribution is -0.149. The van der Waals surface area contributed by atoms with E-state index in [4.69, 9.17) is 28.4 Å². The van der Waals surface area contributed by atoms with Gasteiger partial charge in [0, 0.05) is 87.6 Å². The Morgan fingerprint density at radius 1 is 0.416 bits per heavy atom. The van der Waals surface area contributed by atoms with Crippen LogP contribution >= 0.6 is 0 Å². The van der Waals surface area contributed by atoms with Crippen LogP contribution in [0.15, 0.2) is 91.0 Å². The second kappa shape index (κ2) is 63.4. The van der Waals surface area contributed by atoms with E-state index in [2.05, 4.69) is 47.9 Å². The van der Waals surface area contributed by atoms with Crippen LogP contribution in [-0.4, -0.2) is 383 Å². The lowest BCUT2D eigenvalue weighted by Crippen LogP contribution is -2.60. The van der Waals surface area contributed by atoms with Gasteiger partial charge in [-0.3, -0.25) is 57.5 Å². The van der Waals surface area contributed by atoms with E-state index < -0.39 is 266 Å². The predicted octanol–water partition coefficient (Wildman–Crippen LogP) is 4.81. The van der Waals surface area contributed by atoms with Crippen LogP contribution in [0.1, 0.15) is 205 Å². The van der Waals surface area contributed by atoms with Crippen molar-refractivity contribution >= 4 is 70.9 Å². The van der Waals surface area contributed by atoms with Crippen molar-refractivity contribution in [3.63, 3.8) is 0 Å². The minimum absolute atomic E-state index is 0.0312. The quantitative estimate of drug-likeness (QED) is 0.0360. The summed E-state index contributed by atoms with van der Waals surface area (Å²) in [6.45, 7) is 29.2. The fourth-order valence-electron chi connectivity index (χ4n) is 21.7. The maximum absolute atomic E-state index is 16.7. The molecule has 3 aliphatic rings. The summed E-state index contributed by atoms with van der Waals surface area (Å²) in [6.07, 6.45) is -6.27. The van der Waals surface area contributed by atoms with E-state index in [0.717, 1.165) is 11.1 Å². The molecule has 149 heavy (non-hydrogen) atoms. The number of nitrogens with zero attached hydrogens (tertiary/aromatic N) is 6. The second-order valence-electron chi connectivity index (χ2n) is 42.8. The van der Waals surface area contributed by atoms with Gasteiger partial charge in [0.05, 0.1) is 167 Å². The van der Waals surface area contributed by atoms with Crippen LogP contribution in [-0.2, 0) is 98.8 Å². The van der Waals surface area contributed by atoms with Crippen molar-refractivity contribution < 1.29 is 111 Å². The molecule has 0 aromatic heterocycles. The highest BCUT2D eigenvalue weighted by Gasteiger charge is 2.52. The first-order valence-corrected chi connectivity index (χ1v) is 53.9. The van der Waals surface area contributed by atoms with Gasteiger partial charge in [0.2, 0.25) is 70.9 Å². The van der Waals surface area contributed by atoms with Crippen molar-refractivity contribution in [2.75, 3.05) is 130 Å². The van der Waals surface area contributed by atoms with Gasteiger partial charge in [-0.25, -0.2) is 0 Å². The second-order valence-corrected chi connectivity index (χ2v) is 42.8. The van der Waals surface area contributed by atoms with Crippen LogP contribution in [0.3, 0.4) is 0 Å². The monoisotopic (exact) mass is 2100 g/mol. The molecule has 3 heterocycles. The van der Waals surface area contributed by atoms with Crippen LogP contribution in [0, 0.1) is 65.1 Å². The van der Waals surface area contributed by atoms with E-state index in [9.17, 15) is 44.7 Å². The minimum Gasteiger partial charge on any atom is -0.394 e. The molecular formula is C111H185N15O23. The minimum atomic E-state index is -1.22. The number of likely N-dealkylation sites (tertiary alicyclic amines) is 3. The zero-order chi connectivity index (χ0) is 111. The number of aliphatic hydroxyl groups excluding tert-OH is 5. The van der Waals surface area contributed by atoms with Crippen molar-refractivity contribution in [2.45, 2.75) is 328 Å². The number of carbonyl (C=O) groups excluding carboxylic acids is 12. The fourth-order valence-corrected chi connectivity index (χ4v) is 21.7. The molecule has 30 atom stereocenters. The number of likely N-dealkylation sites (N-methyl/N-ethyl adjacent to an activating group) is 6. The van der Waals surface area contributed by atoms with Gasteiger partial charge in [0.1, 0.15) is 36.3 Å². The van der Waals surface area contributed by atoms with Gasteiger partial charge in [-0.15, -0.1) is 0 Å². The normalized spacial score (nSPS) is 21.0. The number of ether oxygens (including phenoxy) is 6. The highest BCUT2D eigenvalue weighted by Crippen LogP contribution is 2.40. The lowest BCUT2D eigenvalue weighted by Gasteiger charge is -2.41. The molecule has 0 spiro atoms. The molecule has 0 saturated carbocycles. The van der Waals surface area contributed by atoms with E-state index in [0.29, 0.717) is 44.1 Å². The molecule has 3 fully saturated rings. The Kier molecular flexibility index (Phi) is 54.6. The van der Waals surface area contributed by atoms with E-state index in [1.54, 1.807) is 129 Å². The van der Waals surface area contributed by atoms with E-state index in [1.165, 1.54) is 71.2 Å². The third-order valence-electron chi connectivity index (χ3n) is 31.4. The maximum Gasteiger partial charge on any atom is 0.245 e. The highest BCUT2D eigenvalue weighted by atomic mass is 16.5. The number of carbonyl (C=O) groups is 12. The Hall–Kier alpha value is -9.26. The average Bonchev–Trinajstić information content (AvgIpc) is 1.65. The molecule has 38 nitrogen and oxygen atoms in total. The number of aliphatic hydroxyl groups is 5. The van der Waals surface area contributed by atoms with Gasteiger partial charge in [-0.2, -0.15) is 0 Å². The molecule has 842 valence electrons. The van der Waals surface area contributed by atoms with Crippen LogP contribution in [0.2, 0.25) is 0 Å². The molecule has 3 aliphatic heterocycles. The average molecular weight is 2100 g/mol. The Labute approximate surface area is 886 Å². The van der Waals surface area contributed by atoms with Crippen molar-refractivity contribution in [2.24, 2.45) is 65.1 Å². The Bertz CT molecular complexity index is 4590. The number of benzene rings is 3. The molecule has 3 aromatic rings. The molecule has 14 N–H and O–H groups in total. The molecule has 38 heteroatoms. The summed E-state index contributed by atoms with van der Waals surface area (Å²) in [4.78, 5) is 191.